The van der Waals surface area contributed by atoms with Gasteiger partial charge >= 0.3 is 0 Å². The first-order valence-corrected chi connectivity index (χ1v) is 10.7. The number of nitrogens with one attached hydrogen (secondary N) is 1. The van der Waals surface area contributed by atoms with E-state index in [0.29, 0.717) is 0 Å². The quantitative estimate of drug-likeness (QED) is 0.879. The molecule has 4 rings (SSSR count). The minimum atomic E-state index is -0.0484. The summed E-state index contributed by atoms with van der Waals surface area (Å²) in [7, 11) is 0. The number of amides is 1. The molecule has 2 atom stereocenters. The lowest BCUT2D eigenvalue weighted by molar-refractivity contribution is -0.115. The monoisotopic (exact) mass is 373 g/mol. The molecule has 0 spiro atoms. The van der Waals surface area contributed by atoms with Gasteiger partial charge in [-0.05, 0) is 43.4 Å². The Bertz CT molecular complexity index is 736. The van der Waals surface area contributed by atoms with Crippen molar-refractivity contribution in [3.05, 3.63) is 40.9 Å². The number of thioether (sulfide) groups is 1. The minimum Gasteiger partial charge on any atom is -0.301 e. The van der Waals surface area contributed by atoms with E-state index < -0.39 is 0 Å². The maximum atomic E-state index is 12.5. The first-order chi connectivity index (χ1) is 12.2. The molecule has 4 nitrogen and oxygen atoms in total. The van der Waals surface area contributed by atoms with Crippen molar-refractivity contribution < 1.29 is 4.79 Å². The number of likely N-dealkylation sites (tertiary alicyclic amines) is 1. The maximum Gasteiger partial charge on any atom is 0.239 e. The van der Waals surface area contributed by atoms with E-state index in [9.17, 15) is 4.79 Å². The van der Waals surface area contributed by atoms with E-state index >= 15 is 0 Å². The molecule has 1 N–H and O–H groups in total. The zero-order valence-electron chi connectivity index (χ0n) is 14.4. The summed E-state index contributed by atoms with van der Waals surface area (Å²) in [5.74, 6) is 0.835. The zero-order chi connectivity index (χ0) is 17.2. The summed E-state index contributed by atoms with van der Waals surface area (Å²) in [5.41, 5.74) is 2.34. The first kappa shape index (κ1) is 17.1. The molecule has 2 aliphatic rings. The molecule has 0 aliphatic carbocycles. The number of benzene rings is 1. The zero-order valence-corrected chi connectivity index (χ0v) is 16.0. The molecule has 0 radical (unpaired) electrons. The van der Waals surface area contributed by atoms with Gasteiger partial charge in [0, 0.05) is 23.4 Å². The largest absolute Gasteiger partial charge is 0.301 e. The number of hydrogen-bond donors (Lipinski definition) is 1. The smallest absolute Gasteiger partial charge is 0.239 e. The molecular weight excluding hydrogens is 350 g/mol. The Balaban J connectivity index is 1.33. The normalized spacial score (nSPS) is 23.4. The van der Waals surface area contributed by atoms with Crippen LogP contribution in [0.1, 0.15) is 31.0 Å². The van der Waals surface area contributed by atoms with Crippen molar-refractivity contribution in [2.45, 2.75) is 42.9 Å². The number of anilines is 1. The van der Waals surface area contributed by atoms with E-state index in [1.165, 1.54) is 34.6 Å². The van der Waals surface area contributed by atoms with Crippen LogP contribution in [0, 0.1) is 5.92 Å². The van der Waals surface area contributed by atoms with Crippen molar-refractivity contribution in [1.29, 1.82) is 0 Å². The molecule has 1 aromatic heterocycles. The van der Waals surface area contributed by atoms with Gasteiger partial charge in [0.1, 0.15) is 0 Å². The first-order valence-electron chi connectivity index (χ1n) is 8.89. The number of rotatable bonds is 4. The summed E-state index contributed by atoms with van der Waals surface area (Å²) in [4.78, 5) is 20.9. The number of thiazole rings is 1. The van der Waals surface area contributed by atoms with Gasteiger partial charge in [0.15, 0.2) is 5.13 Å². The topological polar surface area (TPSA) is 45.2 Å². The third-order valence-electron chi connectivity index (χ3n) is 4.85. The molecule has 1 amide bonds. The molecule has 0 bridgehead atoms. The molecule has 2 aromatic rings. The average molecular weight is 374 g/mol. The summed E-state index contributed by atoms with van der Waals surface area (Å²) in [6, 6.07) is 8.26. The van der Waals surface area contributed by atoms with Crippen LogP contribution in [0.15, 0.2) is 34.5 Å². The molecule has 2 aliphatic heterocycles. The number of fused-ring (bicyclic) bond motifs is 1. The highest BCUT2D eigenvalue weighted by Crippen LogP contribution is 2.37. The predicted molar refractivity (Wildman–Crippen MR) is 104 cm³/mol. The van der Waals surface area contributed by atoms with E-state index in [4.69, 9.17) is 0 Å². The van der Waals surface area contributed by atoms with Gasteiger partial charge in [-0.15, -0.1) is 23.1 Å². The molecule has 132 valence electrons. The van der Waals surface area contributed by atoms with Crippen LogP contribution in [0.2, 0.25) is 0 Å². The Morgan fingerprint density at radius 1 is 1.40 bits per heavy atom. The van der Waals surface area contributed by atoms with Gasteiger partial charge in [0.2, 0.25) is 5.91 Å². The Morgan fingerprint density at radius 3 is 3.12 bits per heavy atom. The van der Waals surface area contributed by atoms with E-state index in [2.05, 4.69) is 39.6 Å². The Labute approximate surface area is 157 Å². The van der Waals surface area contributed by atoms with Crippen LogP contribution >= 0.6 is 23.1 Å². The summed E-state index contributed by atoms with van der Waals surface area (Å²) >= 11 is 3.19. The van der Waals surface area contributed by atoms with Crippen LogP contribution in [0.4, 0.5) is 5.13 Å². The Hall–Kier alpha value is -1.37. The lowest BCUT2D eigenvalue weighted by Gasteiger charge is -2.30. The summed E-state index contributed by atoms with van der Waals surface area (Å²) < 4.78 is 0. The van der Waals surface area contributed by atoms with Crippen LogP contribution in [0.5, 0.6) is 0 Å². The fourth-order valence-electron chi connectivity index (χ4n) is 3.61. The van der Waals surface area contributed by atoms with E-state index in [1.54, 1.807) is 11.8 Å². The van der Waals surface area contributed by atoms with E-state index in [-0.39, 0.29) is 11.2 Å². The molecular formula is C19H23N3OS2. The summed E-state index contributed by atoms with van der Waals surface area (Å²) in [6.07, 6.45) is 3.40. The molecule has 2 unspecified atom stereocenters. The van der Waals surface area contributed by atoms with E-state index in [0.717, 1.165) is 42.8 Å². The maximum absolute atomic E-state index is 12.5. The van der Waals surface area contributed by atoms with Crippen molar-refractivity contribution in [1.82, 2.24) is 9.88 Å². The minimum absolute atomic E-state index is 0.0484. The number of hydrogen-bond acceptors (Lipinski definition) is 5. The van der Waals surface area contributed by atoms with Gasteiger partial charge in [-0.1, -0.05) is 25.1 Å². The summed E-state index contributed by atoms with van der Waals surface area (Å²) in [5, 5.41) is 5.76. The second-order valence-electron chi connectivity index (χ2n) is 7.03. The predicted octanol–water partition coefficient (Wildman–Crippen LogP) is 4.03. The van der Waals surface area contributed by atoms with Crippen LogP contribution in [0.3, 0.4) is 0 Å². The van der Waals surface area contributed by atoms with Crippen LogP contribution in [-0.2, 0) is 17.8 Å². The summed E-state index contributed by atoms with van der Waals surface area (Å²) in [6.45, 7) is 5.51. The van der Waals surface area contributed by atoms with Gasteiger partial charge in [0.25, 0.3) is 0 Å². The fraction of sp³-hybridized carbons (Fsp3) is 0.474. The number of piperidine rings is 1. The molecule has 1 aromatic carbocycles. The Kier molecular flexibility index (Phi) is 5.10. The number of aromatic nitrogens is 1. The highest BCUT2D eigenvalue weighted by atomic mass is 32.2. The second-order valence-corrected chi connectivity index (χ2v) is 9.14. The molecule has 1 saturated heterocycles. The van der Waals surface area contributed by atoms with Crippen molar-refractivity contribution >= 4 is 34.1 Å². The van der Waals surface area contributed by atoms with E-state index in [1.807, 2.05) is 12.1 Å². The molecule has 25 heavy (non-hydrogen) atoms. The third-order valence-corrected chi connectivity index (χ3v) is 6.97. The van der Waals surface area contributed by atoms with Crippen LogP contribution in [-0.4, -0.2) is 34.1 Å². The highest BCUT2D eigenvalue weighted by molar-refractivity contribution is 8.01. The number of carbonyl (C=O) groups is 1. The third kappa shape index (κ3) is 4.07. The highest BCUT2D eigenvalue weighted by Gasteiger charge is 2.28. The molecule has 6 heteroatoms. The second kappa shape index (κ2) is 7.48. The van der Waals surface area contributed by atoms with Crippen molar-refractivity contribution in [2.75, 3.05) is 18.4 Å². The van der Waals surface area contributed by atoms with Gasteiger partial charge in [0.05, 0.1) is 10.9 Å². The molecule has 3 heterocycles. The molecule has 1 fully saturated rings. The van der Waals surface area contributed by atoms with Gasteiger partial charge < -0.3 is 5.32 Å². The SMILES string of the molecule is CC1CCCN(Cc2csc(NC(=O)C3Cc4ccccc4S3)n2)C1. The fourth-order valence-corrected chi connectivity index (χ4v) is 5.51. The lowest BCUT2D eigenvalue weighted by Crippen LogP contribution is -2.33. The average Bonchev–Trinajstić information content (AvgIpc) is 3.21. The lowest BCUT2D eigenvalue weighted by atomic mass is 10.0. The van der Waals surface area contributed by atoms with Crippen molar-refractivity contribution in [3.8, 4) is 0 Å². The van der Waals surface area contributed by atoms with Crippen LogP contribution < -0.4 is 5.32 Å². The van der Waals surface area contributed by atoms with Gasteiger partial charge in [-0.2, -0.15) is 0 Å². The molecule has 0 saturated carbocycles. The standard InChI is InChI=1S/C19H23N3OS2/c1-13-5-4-8-22(10-13)11-15-12-24-19(20-15)21-18(23)17-9-14-6-2-3-7-16(14)25-17/h2-3,6-7,12-13,17H,4-5,8-11H2,1H3,(H,20,21,23). The van der Waals surface area contributed by atoms with Gasteiger partial charge in [-0.3, -0.25) is 9.69 Å². The number of carbonyl (C=O) groups excluding carboxylic acids is 1. The van der Waals surface area contributed by atoms with Crippen molar-refractivity contribution in [2.24, 2.45) is 5.92 Å². The van der Waals surface area contributed by atoms with Gasteiger partial charge in [-0.25, -0.2) is 4.98 Å². The Morgan fingerprint density at radius 2 is 2.28 bits per heavy atom. The van der Waals surface area contributed by atoms with Crippen LogP contribution in [0.25, 0.3) is 0 Å². The van der Waals surface area contributed by atoms with Crippen molar-refractivity contribution in [3.63, 3.8) is 0 Å². The number of nitrogens with zero attached hydrogens (tertiary/aromatic N) is 2.